The number of likely N-dealkylation sites (tertiary alicyclic amines) is 1. The second kappa shape index (κ2) is 6.63. The third kappa shape index (κ3) is 3.74. The van der Waals surface area contributed by atoms with Crippen molar-refractivity contribution < 1.29 is 9.53 Å². The highest BCUT2D eigenvalue weighted by Gasteiger charge is 2.22. The largest absolute Gasteiger partial charge is 0.384 e. The van der Waals surface area contributed by atoms with Gasteiger partial charge in [0.15, 0.2) is 0 Å². The average Bonchev–Trinajstić information content (AvgIpc) is 2.87. The van der Waals surface area contributed by atoms with Crippen LogP contribution in [0.15, 0.2) is 6.20 Å². The van der Waals surface area contributed by atoms with Gasteiger partial charge in [-0.05, 0) is 18.8 Å². The van der Waals surface area contributed by atoms with Crippen molar-refractivity contribution in [2.24, 2.45) is 11.7 Å². The summed E-state index contributed by atoms with van der Waals surface area (Å²) < 4.78 is 6.70. The Morgan fingerprint density at radius 1 is 1.53 bits per heavy atom. The summed E-state index contributed by atoms with van der Waals surface area (Å²) in [5.41, 5.74) is 6.16. The summed E-state index contributed by atoms with van der Waals surface area (Å²) in [5, 5.41) is 7.76. The van der Waals surface area contributed by atoms with Gasteiger partial charge in [0, 0.05) is 33.4 Å². The molecule has 0 aliphatic carbocycles. The van der Waals surface area contributed by atoms with E-state index in [1.54, 1.807) is 18.0 Å². The van der Waals surface area contributed by atoms with Gasteiger partial charge in [-0.2, -0.15) is 0 Å². The van der Waals surface area contributed by atoms with Gasteiger partial charge in [0.1, 0.15) is 6.54 Å². The molecule has 7 nitrogen and oxygen atoms in total. The van der Waals surface area contributed by atoms with Crippen molar-refractivity contribution in [2.75, 3.05) is 26.8 Å². The summed E-state index contributed by atoms with van der Waals surface area (Å²) in [4.78, 5) is 14.0. The summed E-state index contributed by atoms with van der Waals surface area (Å²) in [6.45, 7) is 2.96. The third-order valence-corrected chi connectivity index (χ3v) is 3.46. The molecule has 106 valence electrons. The SMILES string of the molecule is COCC1CCN(C(=O)Cn2cc(CN)nn2)CC1. The Morgan fingerprint density at radius 3 is 2.84 bits per heavy atom. The molecule has 1 aromatic heterocycles. The lowest BCUT2D eigenvalue weighted by Gasteiger charge is -2.31. The van der Waals surface area contributed by atoms with Gasteiger partial charge in [-0.1, -0.05) is 5.21 Å². The molecular formula is C12H21N5O2. The molecule has 1 saturated heterocycles. The first kappa shape index (κ1) is 14.0. The van der Waals surface area contributed by atoms with E-state index in [1.807, 2.05) is 4.90 Å². The van der Waals surface area contributed by atoms with Gasteiger partial charge in [0.05, 0.1) is 11.9 Å². The van der Waals surface area contributed by atoms with Crippen LogP contribution in [0.4, 0.5) is 0 Å². The number of amides is 1. The van der Waals surface area contributed by atoms with E-state index in [9.17, 15) is 4.79 Å². The number of nitrogens with two attached hydrogens (primary N) is 1. The van der Waals surface area contributed by atoms with Gasteiger partial charge in [0.25, 0.3) is 0 Å². The van der Waals surface area contributed by atoms with Crippen LogP contribution in [0.25, 0.3) is 0 Å². The minimum absolute atomic E-state index is 0.0874. The first-order valence-corrected chi connectivity index (χ1v) is 6.58. The van der Waals surface area contributed by atoms with Gasteiger partial charge in [0.2, 0.25) is 5.91 Å². The molecule has 1 amide bonds. The normalized spacial score (nSPS) is 16.8. The smallest absolute Gasteiger partial charge is 0.244 e. The Morgan fingerprint density at radius 2 is 2.26 bits per heavy atom. The van der Waals surface area contributed by atoms with Crippen LogP contribution in [0.1, 0.15) is 18.5 Å². The van der Waals surface area contributed by atoms with E-state index in [4.69, 9.17) is 10.5 Å². The van der Waals surface area contributed by atoms with E-state index < -0.39 is 0 Å². The molecule has 19 heavy (non-hydrogen) atoms. The Kier molecular flexibility index (Phi) is 4.86. The van der Waals surface area contributed by atoms with Crippen molar-refractivity contribution in [3.8, 4) is 0 Å². The molecule has 2 N–H and O–H groups in total. The van der Waals surface area contributed by atoms with Crippen LogP contribution in [0, 0.1) is 5.92 Å². The van der Waals surface area contributed by atoms with Crippen molar-refractivity contribution >= 4 is 5.91 Å². The zero-order valence-electron chi connectivity index (χ0n) is 11.3. The number of hydrogen-bond acceptors (Lipinski definition) is 5. The van der Waals surface area contributed by atoms with Crippen molar-refractivity contribution in [3.63, 3.8) is 0 Å². The Labute approximate surface area is 112 Å². The molecule has 1 fully saturated rings. The summed E-state index contributed by atoms with van der Waals surface area (Å²) in [7, 11) is 1.72. The van der Waals surface area contributed by atoms with Gasteiger partial charge in [-0.25, -0.2) is 4.68 Å². The van der Waals surface area contributed by atoms with Gasteiger partial charge < -0.3 is 15.4 Å². The van der Waals surface area contributed by atoms with Crippen molar-refractivity contribution in [1.82, 2.24) is 19.9 Å². The van der Waals surface area contributed by atoms with E-state index in [0.717, 1.165) is 32.5 Å². The Hall–Kier alpha value is -1.47. The van der Waals surface area contributed by atoms with E-state index in [2.05, 4.69) is 10.3 Å². The number of piperidine rings is 1. The molecule has 0 atom stereocenters. The number of carbonyl (C=O) groups is 1. The second-order valence-electron chi connectivity index (χ2n) is 4.89. The van der Waals surface area contributed by atoms with Crippen LogP contribution in [-0.2, 0) is 22.6 Å². The first-order valence-electron chi connectivity index (χ1n) is 6.58. The van der Waals surface area contributed by atoms with Crippen LogP contribution in [0.5, 0.6) is 0 Å². The van der Waals surface area contributed by atoms with E-state index in [-0.39, 0.29) is 12.5 Å². The predicted molar refractivity (Wildman–Crippen MR) is 69.1 cm³/mol. The molecule has 1 aromatic rings. The maximum absolute atomic E-state index is 12.1. The molecule has 0 spiro atoms. The summed E-state index contributed by atoms with van der Waals surface area (Å²) in [5.74, 6) is 0.661. The fourth-order valence-corrected chi connectivity index (χ4v) is 2.33. The van der Waals surface area contributed by atoms with Crippen molar-refractivity contribution in [1.29, 1.82) is 0 Å². The van der Waals surface area contributed by atoms with Gasteiger partial charge >= 0.3 is 0 Å². The molecule has 1 aliphatic heterocycles. The van der Waals surface area contributed by atoms with Crippen LogP contribution >= 0.6 is 0 Å². The number of ether oxygens (including phenoxy) is 1. The highest BCUT2D eigenvalue weighted by atomic mass is 16.5. The molecular weight excluding hydrogens is 246 g/mol. The minimum Gasteiger partial charge on any atom is -0.384 e. The zero-order chi connectivity index (χ0) is 13.7. The van der Waals surface area contributed by atoms with Gasteiger partial charge in [-0.15, -0.1) is 5.10 Å². The molecule has 2 rings (SSSR count). The number of nitrogens with zero attached hydrogens (tertiary/aromatic N) is 4. The quantitative estimate of drug-likeness (QED) is 0.786. The Bertz CT molecular complexity index is 412. The lowest BCUT2D eigenvalue weighted by molar-refractivity contribution is -0.133. The van der Waals surface area contributed by atoms with Crippen LogP contribution < -0.4 is 5.73 Å². The highest BCUT2D eigenvalue weighted by Crippen LogP contribution is 2.17. The maximum atomic E-state index is 12.1. The number of carbonyl (C=O) groups excluding carboxylic acids is 1. The van der Waals surface area contributed by atoms with Crippen molar-refractivity contribution in [2.45, 2.75) is 25.9 Å². The highest BCUT2D eigenvalue weighted by molar-refractivity contribution is 5.75. The van der Waals surface area contributed by atoms with Crippen LogP contribution in [0.2, 0.25) is 0 Å². The lowest BCUT2D eigenvalue weighted by Crippen LogP contribution is -2.41. The fraction of sp³-hybridized carbons (Fsp3) is 0.750. The first-order chi connectivity index (χ1) is 9.22. The summed E-state index contributed by atoms with van der Waals surface area (Å²) in [6, 6.07) is 0. The molecule has 0 bridgehead atoms. The summed E-state index contributed by atoms with van der Waals surface area (Å²) >= 11 is 0. The molecule has 0 saturated carbocycles. The van der Waals surface area contributed by atoms with Crippen LogP contribution in [0.3, 0.4) is 0 Å². The molecule has 7 heteroatoms. The fourth-order valence-electron chi connectivity index (χ4n) is 2.33. The molecule has 0 unspecified atom stereocenters. The lowest BCUT2D eigenvalue weighted by atomic mass is 9.98. The maximum Gasteiger partial charge on any atom is 0.244 e. The summed E-state index contributed by atoms with van der Waals surface area (Å²) in [6.07, 6.45) is 3.73. The molecule has 1 aliphatic rings. The Balaban J connectivity index is 1.81. The van der Waals surface area contributed by atoms with E-state index in [0.29, 0.717) is 18.2 Å². The monoisotopic (exact) mass is 267 g/mol. The average molecular weight is 267 g/mol. The number of methoxy groups -OCH3 is 1. The van der Waals surface area contributed by atoms with Crippen molar-refractivity contribution in [3.05, 3.63) is 11.9 Å². The van der Waals surface area contributed by atoms with E-state index in [1.165, 1.54) is 0 Å². The topological polar surface area (TPSA) is 86.3 Å². The standard InChI is InChI=1S/C12H21N5O2/c1-19-9-10-2-4-16(5-3-10)12(18)8-17-7-11(6-13)14-15-17/h7,10H,2-6,8-9,13H2,1H3. The molecule has 0 radical (unpaired) electrons. The van der Waals surface area contributed by atoms with Gasteiger partial charge in [-0.3, -0.25) is 4.79 Å². The molecule has 2 heterocycles. The third-order valence-electron chi connectivity index (χ3n) is 3.46. The zero-order valence-corrected chi connectivity index (χ0v) is 11.3. The van der Waals surface area contributed by atoms with Crippen LogP contribution in [-0.4, -0.2) is 52.6 Å². The minimum atomic E-state index is 0.0874. The number of hydrogen-bond donors (Lipinski definition) is 1. The molecule has 0 aromatic carbocycles. The predicted octanol–water partition coefficient (Wildman–Crippen LogP) is -0.378. The number of rotatable bonds is 5. The number of aromatic nitrogens is 3. The second-order valence-corrected chi connectivity index (χ2v) is 4.89. The van der Waals surface area contributed by atoms with E-state index >= 15 is 0 Å².